The third-order valence-corrected chi connectivity index (χ3v) is 3.06. The number of hydrogen-bond acceptors (Lipinski definition) is 3. The van der Waals surface area contributed by atoms with Gasteiger partial charge < -0.3 is 0 Å². The smallest absolute Gasteiger partial charge is 0.289 e. The van der Waals surface area contributed by atoms with E-state index in [4.69, 9.17) is 0 Å². The monoisotopic (exact) mass is 300 g/mol. The predicted octanol–water partition coefficient (Wildman–Crippen LogP) is 0.842. The van der Waals surface area contributed by atoms with Crippen LogP contribution >= 0.6 is 15.9 Å². The fourth-order valence-electron chi connectivity index (χ4n) is 1.80. The average molecular weight is 301 g/mol. The van der Waals surface area contributed by atoms with Crippen molar-refractivity contribution >= 4 is 27.0 Å². The van der Waals surface area contributed by atoms with Crippen molar-refractivity contribution in [2.45, 2.75) is 20.4 Å². The molecule has 0 spiro atoms. The molecule has 0 aromatic carbocycles. The van der Waals surface area contributed by atoms with Crippen LogP contribution in [0.1, 0.15) is 13.8 Å². The first kappa shape index (κ1) is 12.1. The Bertz CT molecular complexity index is 680. The van der Waals surface area contributed by atoms with Gasteiger partial charge in [0, 0.05) is 13.6 Å². The van der Waals surface area contributed by atoms with Crippen LogP contribution in [0.3, 0.4) is 0 Å². The Morgan fingerprint density at radius 1 is 1.35 bits per heavy atom. The number of nitrogens with one attached hydrogen (secondary N) is 1. The van der Waals surface area contributed by atoms with Crippen molar-refractivity contribution in [1.29, 1.82) is 0 Å². The Kier molecular flexibility index (Phi) is 2.94. The average Bonchev–Trinajstić information content (AvgIpc) is 2.51. The first-order valence-electron chi connectivity index (χ1n) is 5.27. The van der Waals surface area contributed by atoms with Crippen LogP contribution in [-0.2, 0) is 13.6 Å². The third-order valence-electron chi connectivity index (χ3n) is 2.51. The summed E-state index contributed by atoms with van der Waals surface area (Å²) in [6.45, 7) is 4.76. The Hall–Kier alpha value is -1.37. The van der Waals surface area contributed by atoms with E-state index in [0.717, 1.165) is 0 Å². The van der Waals surface area contributed by atoms with Gasteiger partial charge >= 0.3 is 5.69 Å². The number of aromatic amines is 1. The van der Waals surface area contributed by atoms with E-state index in [9.17, 15) is 9.59 Å². The summed E-state index contributed by atoms with van der Waals surface area (Å²) in [7, 11) is 1.54. The van der Waals surface area contributed by atoms with E-state index in [0.29, 0.717) is 28.1 Å². The minimum absolute atomic E-state index is 0.275. The molecule has 2 rings (SSSR count). The second-order valence-electron chi connectivity index (χ2n) is 4.39. The van der Waals surface area contributed by atoms with Crippen LogP contribution < -0.4 is 11.2 Å². The molecule has 0 atom stereocenters. The van der Waals surface area contributed by atoms with Crippen molar-refractivity contribution < 1.29 is 0 Å². The van der Waals surface area contributed by atoms with Crippen molar-refractivity contribution in [3.63, 3.8) is 0 Å². The van der Waals surface area contributed by atoms with Gasteiger partial charge in [0.15, 0.2) is 0 Å². The molecule has 0 amide bonds. The van der Waals surface area contributed by atoms with Gasteiger partial charge in [0.1, 0.15) is 15.6 Å². The molecule has 0 aliphatic rings. The number of aryl methyl sites for hydroxylation is 1. The molecular formula is C10H13BrN4O2. The summed E-state index contributed by atoms with van der Waals surface area (Å²) in [5.74, 6) is 0.380. The summed E-state index contributed by atoms with van der Waals surface area (Å²) in [5.41, 5.74) is 0.254. The molecule has 2 heterocycles. The van der Waals surface area contributed by atoms with Crippen molar-refractivity contribution in [2.24, 2.45) is 13.0 Å². The summed E-state index contributed by atoms with van der Waals surface area (Å²) >= 11 is 3.23. The molecule has 0 fully saturated rings. The van der Waals surface area contributed by atoms with Crippen LogP contribution in [0.25, 0.3) is 11.0 Å². The molecule has 7 heteroatoms. The third kappa shape index (κ3) is 1.95. The van der Waals surface area contributed by atoms with Gasteiger partial charge in [-0.3, -0.25) is 19.1 Å². The fraction of sp³-hybridized carbons (Fsp3) is 0.500. The minimum atomic E-state index is -0.447. The van der Waals surface area contributed by atoms with Gasteiger partial charge in [-0.1, -0.05) is 13.8 Å². The highest BCUT2D eigenvalue weighted by atomic mass is 79.9. The highest BCUT2D eigenvalue weighted by Gasteiger charge is 2.15. The molecule has 0 unspecified atom stereocenters. The maximum atomic E-state index is 11.8. The second kappa shape index (κ2) is 4.14. The number of H-pyrrole nitrogens is 1. The minimum Gasteiger partial charge on any atom is -0.289 e. The first-order valence-corrected chi connectivity index (χ1v) is 6.06. The van der Waals surface area contributed by atoms with E-state index >= 15 is 0 Å². The second-order valence-corrected chi connectivity index (χ2v) is 5.14. The zero-order chi connectivity index (χ0) is 12.7. The zero-order valence-electron chi connectivity index (χ0n) is 9.82. The van der Waals surface area contributed by atoms with Crippen molar-refractivity contribution in [1.82, 2.24) is 19.3 Å². The SMILES string of the molecule is CC(C)Cn1[nH]c(=O)c2c1c(Br)nc(=O)n2C. The number of fused-ring (bicyclic) bond motifs is 1. The Balaban J connectivity index is 2.87. The number of rotatable bonds is 2. The van der Waals surface area contributed by atoms with E-state index in [1.807, 2.05) is 13.8 Å². The lowest BCUT2D eigenvalue weighted by Gasteiger charge is -2.08. The van der Waals surface area contributed by atoms with Crippen LogP contribution in [0.4, 0.5) is 0 Å². The first-order chi connectivity index (χ1) is 7.91. The van der Waals surface area contributed by atoms with Gasteiger partial charge in [0.2, 0.25) is 0 Å². The number of aromatic nitrogens is 4. The van der Waals surface area contributed by atoms with Gasteiger partial charge in [0.05, 0.1) is 0 Å². The maximum absolute atomic E-state index is 11.8. The van der Waals surface area contributed by atoms with E-state index in [1.54, 1.807) is 11.7 Å². The molecule has 92 valence electrons. The molecule has 6 nitrogen and oxygen atoms in total. The van der Waals surface area contributed by atoms with E-state index in [-0.39, 0.29) is 5.56 Å². The van der Waals surface area contributed by atoms with E-state index in [2.05, 4.69) is 26.0 Å². The summed E-state index contributed by atoms with van der Waals surface area (Å²) in [4.78, 5) is 27.1. The maximum Gasteiger partial charge on any atom is 0.349 e. The molecule has 2 aromatic rings. The Morgan fingerprint density at radius 2 is 2.00 bits per heavy atom. The molecule has 0 radical (unpaired) electrons. The van der Waals surface area contributed by atoms with Gasteiger partial charge in [-0.15, -0.1) is 0 Å². The topological polar surface area (TPSA) is 72.7 Å². The van der Waals surface area contributed by atoms with Gasteiger partial charge in [-0.2, -0.15) is 4.98 Å². The standard InChI is InChI=1S/C10H13BrN4O2/c1-5(2)4-15-6-7(9(16)13-15)14(3)10(17)12-8(6)11/h5H,4H2,1-3H3,(H,13,16). The summed E-state index contributed by atoms with van der Waals surface area (Å²) in [6.07, 6.45) is 0. The van der Waals surface area contributed by atoms with Crippen molar-refractivity contribution in [3.05, 3.63) is 25.4 Å². The molecule has 1 N–H and O–H groups in total. The summed E-state index contributed by atoms with van der Waals surface area (Å²) in [6, 6.07) is 0. The Labute approximate surface area is 105 Å². The summed E-state index contributed by atoms with van der Waals surface area (Å²) in [5, 5.41) is 2.72. The molecule has 2 aromatic heterocycles. The Morgan fingerprint density at radius 3 is 2.59 bits per heavy atom. The molecule has 0 aliphatic carbocycles. The lowest BCUT2D eigenvalue weighted by molar-refractivity contribution is 0.491. The number of nitrogens with zero attached hydrogens (tertiary/aromatic N) is 3. The van der Waals surface area contributed by atoms with Gasteiger partial charge in [-0.25, -0.2) is 4.79 Å². The van der Waals surface area contributed by atoms with Crippen LogP contribution in [0.15, 0.2) is 14.2 Å². The van der Waals surface area contributed by atoms with Gasteiger partial charge in [-0.05, 0) is 21.8 Å². The molecule has 0 aliphatic heterocycles. The number of hydrogen-bond donors (Lipinski definition) is 1. The molecule has 0 saturated carbocycles. The van der Waals surface area contributed by atoms with Crippen molar-refractivity contribution in [3.8, 4) is 0 Å². The quantitative estimate of drug-likeness (QED) is 0.836. The van der Waals surface area contributed by atoms with Crippen LogP contribution in [0.5, 0.6) is 0 Å². The lowest BCUT2D eigenvalue weighted by atomic mass is 10.2. The highest BCUT2D eigenvalue weighted by Crippen LogP contribution is 2.17. The zero-order valence-corrected chi connectivity index (χ0v) is 11.4. The predicted molar refractivity (Wildman–Crippen MR) is 68.1 cm³/mol. The van der Waals surface area contributed by atoms with Crippen molar-refractivity contribution in [2.75, 3.05) is 0 Å². The molecule has 17 heavy (non-hydrogen) atoms. The van der Waals surface area contributed by atoms with Gasteiger partial charge in [0.25, 0.3) is 5.56 Å². The molecule has 0 bridgehead atoms. The highest BCUT2D eigenvalue weighted by molar-refractivity contribution is 9.10. The number of halogens is 1. The normalized spacial score (nSPS) is 11.6. The van der Waals surface area contributed by atoms with E-state index in [1.165, 1.54) is 4.57 Å². The molecule has 0 saturated heterocycles. The van der Waals surface area contributed by atoms with E-state index < -0.39 is 5.69 Å². The lowest BCUT2D eigenvalue weighted by Crippen LogP contribution is -2.23. The molecular weight excluding hydrogens is 288 g/mol. The van der Waals surface area contributed by atoms with Crippen LogP contribution in [-0.4, -0.2) is 19.3 Å². The van der Waals surface area contributed by atoms with Crippen LogP contribution in [0.2, 0.25) is 0 Å². The largest absolute Gasteiger partial charge is 0.349 e. The summed E-state index contributed by atoms with van der Waals surface area (Å²) < 4.78 is 3.38. The fourth-order valence-corrected chi connectivity index (χ4v) is 2.35. The van der Waals surface area contributed by atoms with Crippen LogP contribution in [0, 0.1) is 5.92 Å².